The van der Waals surface area contributed by atoms with Crippen LogP contribution >= 0.6 is 0 Å². The molecule has 126 valence electrons. The van der Waals surface area contributed by atoms with Gasteiger partial charge in [-0.2, -0.15) is 18.2 Å². The highest BCUT2D eigenvalue weighted by atomic mass is 32.2. The minimum absolute atomic E-state index is 0.0417. The Labute approximate surface area is 134 Å². The summed E-state index contributed by atoms with van der Waals surface area (Å²) in [5.41, 5.74) is 0.148. The third-order valence-electron chi connectivity index (χ3n) is 3.19. The Balaban J connectivity index is 2.18. The lowest BCUT2D eigenvalue weighted by molar-refractivity contribution is -0.144. The fraction of sp³-hybridized carbons (Fsp3) is 0.231. The van der Waals surface area contributed by atoms with Gasteiger partial charge in [-0.25, -0.2) is 17.9 Å². The zero-order chi connectivity index (χ0) is 17.5. The van der Waals surface area contributed by atoms with Crippen LogP contribution in [0.3, 0.4) is 0 Å². The number of alkyl halides is 3. The summed E-state index contributed by atoms with van der Waals surface area (Å²) in [4.78, 5) is 11.2. The predicted molar refractivity (Wildman–Crippen MR) is 76.7 cm³/mol. The first kappa shape index (κ1) is 16.3. The van der Waals surface area contributed by atoms with Gasteiger partial charge in [-0.15, -0.1) is 5.10 Å². The monoisotopic (exact) mass is 357 g/mol. The van der Waals surface area contributed by atoms with E-state index in [1.807, 2.05) is 0 Å². The third-order valence-corrected chi connectivity index (χ3v) is 4.95. The number of nitrogens with zero attached hydrogens (tertiary/aromatic N) is 5. The van der Waals surface area contributed by atoms with Crippen LogP contribution in [0, 0.1) is 0 Å². The van der Waals surface area contributed by atoms with Crippen LogP contribution in [-0.2, 0) is 16.0 Å². The Morgan fingerprint density at radius 2 is 1.96 bits per heavy atom. The van der Waals surface area contributed by atoms with E-state index in [4.69, 9.17) is 0 Å². The van der Waals surface area contributed by atoms with Crippen LogP contribution in [0.5, 0.6) is 0 Å². The number of hydrogen-bond donors (Lipinski definition) is 0. The lowest BCUT2D eigenvalue weighted by atomic mass is 10.2. The summed E-state index contributed by atoms with van der Waals surface area (Å²) in [5.74, 6) is -1.77. The van der Waals surface area contributed by atoms with Gasteiger partial charge >= 0.3 is 6.18 Å². The van der Waals surface area contributed by atoms with Gasteiger partial charge in [-0.3, -0.25) is 4.98 Å². The van der Waals surface area contributed by atoms with Crippen molar-refractivity contribution in [1.29, 1.82) is 0 Å². The average Bonchev–Trinajstić information content (AvgIpc) is 2.98. The molecule has 0 radical (unpaired) electrons. The molecule has 3 heterocycles. The van der Waals surface area contributed by atoms with Gasteiger partial charge in [0.25, 0.3) is 11.6 Å². The molecule has 3 rings (SSSR count). The van der Waals surface area contributed by atoms with Crippen molar-refractivity contribution in [2.45, 2.75) is 18.0 Å². The number of halogens is 3. The van der Waals surface area contributed by atoms with Crippen molar-refractivity contribution in [2.75, 3.05) is 5.75 Å². The number of rotatable bonds is 3. The zero-order valence-electron chi connectivity index (χ0n) is 12.2. The topological polar surface area (TPSA) is 90.1 Å². The van der Waals surface area contributed by atoms with Gasteiger partial charge in [-0.05, 0) is 18.2 Å². The van der Waals surface area contributed by atoms with Gasteiger partial charge < -0.3 is 0 Å². The van der Waals surface area contributed by atoms with E-state index in [0.29, 0.717) is 0 Å². The molecule has 0 N–H and O–H groups in total. The molecule has 3 aromatic rings. The van der Waals surface area contributed by atoms with Crippen molar-refractivity contribution in [3.63, 3.8) is 0 Å². The molecule has 0 aliphatic heterocycles. The molecular formula is C13H10F3N5O2S. The Kier molecular flexibility index (Phi) is 3.74. The van der Waals surface area contributed by atoms with Gasteiger partial charge in [0.2, 0.25) is 0 Å². The number of pyridine rings is 1. The molecule has 11 heteroatoms. The first-order valence-corrected chi connectivity index (χ1v) is 8.36. The zero-order valence-corrected chi connectivity index (χ0v) is 13.0. The number of fused-ring (bicyclic) bond motifs is 1. The van der Waals surface area contributed by atoms with Gasteiger partial charge in [-0.1, -0.05) is 6.92 Å². The van der Waals surface area contributed by atoms with E-state index in [1.54, 1.807) is 0 Å². The van der Waals surface area contributed by atoms with Crippen molar-refractivity contribution in [3.05, 3.63) is 36.4 Å². The van der Waals surface area contributed by atoms with E-state index in [2.05, 4.69) is 20.1 Å². The van der Waals surface area contributed by atoms with Crippen LogP contribution in [0.25, 0.3) is 17.2 Å². The molecule has 0 aliphatic rings. The van der Waals surface area contributed by atoms with Crippen molar-refractivity contribution in [2.24, 2.45) is 0 Å². The summed E-state index contributed by atoms with van der Waals surface area (Å²) in [7, 11) is -3.57. The van der Waals surface area contributed by atoms with Gasteiger partial charge in [0.15, 0.2) is 9.84 Å². The van der Waals surface area contributed by atoms with E-state index in [-0.39, 0.29) is 27.8 Å². The standard InChI is InChI=1S/C13H10F3N5O2S/c1-2-24(22,23)9-4-3-6-17-10(9)8-5-7-21-12(18-8)19-11(20-21)13(14,15)16/h3-7H,2H2,1H3. The maximum absolute atomic E-state index is 12.7. The molecule has 0 fully saturated rings. The molecule has 0 atom stereocenters. The maximum Gasteiger partial charge on any atom is 0.453 e. The van der Waals surface area contributed by atoms with E-state index < -0.39 is 21.8 Å². The van der Waals surface area contributed by atoms with Crippen molar-refractivity contribution >= 4 is 15.6 Å². The van der Waals surface area contributed by atoms with Crippen molar-refractivity contribution in [3.8, 4) is 11.4 Å². The Morgan fingerprint density at radius 3 is 2.62 bits per heavy atom. The molecule has 0 bridgehead atoms. The van der Waals surface area contributed by atoms with E-state index in [0.717, 1.165) is 4.52 Å². The van der Waals surface area contributed by atoms with Crippen LogP contribution in [-0.4, -0.2) is 38.7 Å². The summed E-state index contributed by atoms with van der Waals surface area (Å²) >= 11 is 0. The van der Waals surface area contributed by atoms with Gasteiger partial charge in [0.05, 0.1) is 16.3 Å². The summed E-state index contributed by atoms with van der Waals surface area (Å²) < 4.78 is 63.1. The molecule has 0 spiro atoms. The Hall–Kier alpha value is -2.56. The number of sulfone groups is 1. The lowest BCUT2D eigenvalue weighted by Gasteiger charge is -2.07. The fourth-order valence-electron chi connectivity index (χ4n) is 2.02. The SMILES string of the molecule is CCS(=O)(=O)c1cccnc1-c1ccn2nc(C(F)(F)F)nc2n1. The molecule has 24 heavy (non-hydrogen) atoms. The van der Waals surface area contributed by atoms with Gasteiger partial charge in [0, 0.05) is 12.4 Å². The molecule has 0 aliphatic carbocycles. The smallest absolute Gasteiger partial charge is 0.253 e. The quantitative estimate of drug-likeness (QED) is 0.712. The van der Waals surface area contributed by atoms with Crippen molar-refractivity contribution < 1.29 is 21.6 Å². The summed E-state index contributed by atoms with van der Waals surface area (Å²) in [6.45, 7) is 1.48. The lowest BCUT2D eigenvalue weighted by Crippen LogP contribution is -2.07. The second-order valence-corrected chi connectivity index (χ2v) is 6.99. The molecule has 0 saturated carbocycles. The molecule has 7 nitrogen and oxygen atoms in total. The first-order valence-electron chi connectivity index (χ1n) is 6.71. The molecule has 0 amide bonds. The highest BCUT2D eigenvalue weighted by Crippen LogP contribution is 2.27. The largest absolute Gasteiger partial charge is 0.453 e. The van der Waals surface area contributed by atoms with E-state index in [1.165, 1.54) is 37.5 Å². The highest BCUT2D eigenvalue weighted by molar-refractivity contribution is 7.91. The second-order valence-electron chi connectivity index (χ2n) is 4.74. The average molecular weight is 357 g/mol. The van der Waals surface area contributed by atoms with Crippen LogP contribution in [0.1, 0.15) is 12.7 Å². The molecule has 0 unspecified atom stereocenters. The fourth-order valence-corrected chi connectivity index (χ4v) is 3.07. The van der Waals surface area contributed by atoms with E-state index >= 15 is 0 Å². The van der Waals surface area contributed by atoms with Gasteiger partial charge in [0.1, 0.15) is 5.69 Å². The molecule has 3 aromatic heterocycles. The summed E-state index contributed by atoms with van der Waals surface area (Å²) in [5, 5.41) is 3.29. The summed E-state index contributed by atoms with van der Waals surface area (Å²) in [6, 6.07) is 4.17. The molecule has 0 aromatic carbocycles. The van der Waals surface area contributed by atoms with Crippen molar-refractivity contribution in [1.82, 2.24) is 24.6 Å². The van der Waals surface area contributed by atoms with Crippen LogP contribution in [0.4, 0.5) is 13.2 Å². The van der Waals surface area contributed by atoms with Crippen LogP contribution in [0.2, 0.25) is 0 Å². The number of hydrogen-bond acceptors (Lipinski definition) is 6. The Morgan fingerprint density at radius 1 is 1.21 bits per heavy atom. The minimum Gasteiger partial charge on any atom is -0.253 e. The normalized spacial score (nSPS) is 12.7. The first-order chi connectivity index (χ1) is 11.2. The second kappa shape index (κ2) is 5.51. The highest BCUT2D eigenvalue weighted by Gasteiger charge is 2.36. The van der Waals surface area contributed by atoms with Crippen LogP contribution in [0.15, 0.2) is 35.5 Å². The van der Waals surface area contributed by atoms with Crippen LogP contribution < -0.4 is 0 Å². The minimum atomic E-state index is -4.70. The van der Waals surface area contributed by atoms with E-state index in [9.17, 15) is 21.6 Å². The molecule has 0 saturated heterocycles. The maximum atomic E-state index is 12.7. The molecular weight excluding hydrogens is 347 g/mol. The Bertz CT molecular complexity index is 1010. The summed E-state index contributed by atoms with van der Waals surface area (Å²) in [6.07, 6.45) is -2.10. The third kappa shape index (κ3) is 2.82. The number of aromatic nitrogens is 5. The predicted octanol–water partition coefficient (Wildman–Crippen LogP) is 2.00.